The molecule has 2 rings (SSSR count). The minimum atomic E-state index is -0.614. The van der Waals surface area contributed by atoms with Gasteiger partial charge in [0.05, 0.1) is 6.42 Å². The van der Waals surface area contributed by atoms with Gasteiger partial charge in [0.2, 0.25) is 11.8 Å². The Morgan fingerprint density at radius 3 is 2.41 bits per heavy atom. The van der Waals surface area contributed by atoms with E-state index in [0.29, 0.717) is 16.6 Å². The Kier molecular flexibility index (Phi) is 8.99. The minimum absolute atomic E-state index is 0.127. The fourth-order valence-electron chi connectivity index (χ4n) is 2.93. The zero-order chi connectivity index (χ0) is 21.4. The second-order valence-corrected chi connectivity index (χ2v) is 8.08. The smallest absolute Gasteiger partial charge is 0.242 e. The summed E-state index contributed by atoms with van der Waals surface area (Å²) < 4.78 is 0. The van der Waals surface area contributed by atoms with Gasteiger partial charge < -0.3 is 10.2 Å². The first-order valence-corrected chi connectivity index (χ1v) is 10.6. The normalized spacial score (nSPS) is 11.8. The number of unbranched alkanes of at least 4 members (excludes halogenated alkanes) is 1. The largest absolute Gasteiger partial charge is 0.354 e. The molecule has 0 heterocycles. The van der Waals surface area contributed by atoms with Crippen LogP contribution in [-0.2, 0) is 22.6 Å². The second kappa shape index (κ2) is 11.2. The molecule has 0 aromatic heterocycles. The van der Waals surface area contributed by atoms with Crippen LogP contribution in [0.5, 0.6) is 0 Å². The summed E-state index contributed by atoms with van der Waals surface area (Å²) in [5.74, 6) is -0.293. The molecule has 0 radical (unpaired) electrons. The Balaban J connectivity index is 2.21. The van der Waals surface area contributed by atoms with Crippen LogP contribution in [0.15, 0.2) is 42.5 Å². The van der Waals surface area contributed by atoms with Crippen LogP contribution < -0.4 is 5.32 Å². The standard InChI is InChI=1S/C23H28Cl2N2O2/c1-4-5-12-26-23(29)17(3)27(15-19-10-11-20(24)14-21(19)25)22(28)13-18-8-6-16(2)7-9-18/h6-11,14,17H,4-5,12-13,15H2,1-3H3,(H,26,29)/t17-/m1/s1. The molecule has 2 aromatic carbocycles. The van der Waals surface area contributed by atoms with Crippen molar-refractivity contribution >= 4 is 35.0 Å². The average molecular weight is 435 g/mol. The van der Waals surface area contributed by atoms with Gasteiger partial charge in [-0.25, -0.2) is 0 Å². The van der Waals surface area contributed by atoms with Gasteiger partial charge in [0.25, 0.3) is 0 Å². The highest BCUT2D eigenvalue weighted by Crippen LogP contribution is 2.23. The molecular formula is C23H28Cl2N2O2. The molecule has 29 heavy (non-hydrogen) atoms. The lowest BCUT2D eigenvalue weighted by molar-refractivity contribution is -0.140. The molecule has 0 saturated heterocycles. The average Bonchev–Trinajstić information content (AvgIpc) is 2.68. The third-order valence-electron chi connectivity index (χ3n) is 4.83. The van der Waals surface area contributed by atoms with Crippen molar-refractivity contribution in [2.24, 2.45) is 0 Å². The van der Waals surface area contributed by atoms with Crippen molar-refractivity contribution in [1.82, 2.24) is 10.2 Å². The van der Waals surface area contributed by atoms with E-state index in [-0.39, 0.29) is 24.8 Å². The van der Waals surface area contributed by atoms with Gasteiger partial charge in [-0.2, -0.15) is 0 Å². The van der Waals surface area contributed by atoms with Crippen LogP contribution in [0.2, 0.25) is 10.0 Å². The van der Waals surface area contributed by atoms with Crippen LogP contribution in [0.25, 0.3) is 0 Å². The van der Waals surface area contributed by atoms with Gasteiger partial charge in [0, 0.05) is 23.1 Å². The highest BCUT2D eigenvalue weighted by molar-refractivity contribution is 6.35. The quantitative estimate of drug-likeness (QED) is 0.552. The van der Waals surface area contributed by atoms with Crippen LogP contribution in [0.3, 0.4) is 0 Å². The van der Waals surface area contributed by atoms with E-state index in [0.717, 1.165) is 29.5 Å². The summed E-state index contributed by atoms with van der Waals surface area (Å²) in [6.07, 6.45) is 2.11. The summed E-state index contributed by atoms with van der Waals surface area (Å²) in [6.45, 7) is 6.65. The predicted molar refractivity (Wildman–Crippen MR) is 119 cm³/mol. The van der Waals surface area contributed by atoms with Crippen molar-refractivity contribution in [2.75, 3.05) is 6.54 Å². The number of hydrogen-bond donors (Lipinski definition) is 1. The van der Waals surface area contributed by atoms with Crippen LogP contribution in [0.4, 0.5) is 0 Å². The number of amides is 2. The maximum absolute atomic E-state index is 13.1. The number of nitrogens with zero attached hydrogens (tertiary/aromatic N) is 1. The summed E-state index contributed by atoms with van der Waals surface area (Å²) >= 11 is 12.3. The molecule has 0 fully saturated rings. The highest BCUT2D eigenvalue weighted by atomic mass is 35.5. The molecular weight excluding hydrogens is 407 g/mol. The topological polar surface area (TPSA) is 49.4 Å². The highest BCUT2D eigenvalue weighted by Gasteiger charge is 2.26. The number of carbonyl (C=O) groups is 2. The van der Waals surface area contributed by atoms with Gasteiger partial charge in [-0.05, 0) is 43.5 Å². The van der Waals surface area contributed by atoms with Gasteiger partial charge in [0.1, 0.15) is 6.04 Å². The Morgan fingerprint density at radius 2 is 1.79 bits per heavy atom. The molecule has 4 nitrogen and oxygen atoms in total. The summed E-state index contributed by atoms with van der Waals surface area (Å²) in [5.41, 5.74) is 2.79. The van der Waals surface area contributed by atoms with Crippen LogP contribution in [0.1, 0.15) is 43.4 Å². The molecule has 0 saturated carbocycles. The SMILES string of the molecule is CCCCNC(=O)[C@@H](C)N(Cc1ccc(Cl)cc1Cl)C(=O)Cc1ccc(C)cc1. The van der Waals surface area contributed by atoms with E-state index in [1.807, 2.05) is 31.2 Å². The molecule has 2 aromatic rings. The molecule has 0 aliphatic carbocycles. The third kappa shape index (κ3) is 7.06. The minimum Gasteiger partial charge on any atom is -0.354 e. The van der Waals surface area contributed by atoms with E-state index in [9.17, 15) is 9.59 Å². The number of benzene rings is 2. The number of rotatable bonds is 9. The van der Waals surface area contributed by atoms with Crippen LogP contribution in [-0.4, -0.2) is 29.3 Å². The molecule has 0 aliphatic rings. The number of aryl methyl sites for hydroxylation is 1. The van der Waals surface area contributed by atoms with E-state index in [1.165, 1.54) is 0 Å². The Hall–Kier alpha value is -2.04. The zero-order valence-electron chi connectivity index (χ0n) is 17.2. The molecule has 0 unspecified atom stereocenters. The van der Waals surface area contributed by atoms with Crippen molar-refractivity contribution < 1.29 is 9.59 Å². The van der Waals surface area contributed by atoms with Crippen LogP contribution >= 0.6 is 23.2 Å². The Morgan fingerprint density at radius 1 is 1.10 bits per heavy atom. The lowest BCUT2D eigenvalue weighted by Crippen LogP contribution is -2.48. The summed E-state index contributed by atoms with van der Waals surface area (Å²) in [4.78, 5) is 27.3. The summed E-state index contributed by atoms with van der Waals surface area (Å²) in [6, 6.07) is 12.4. The lowest BCUT2D eigenvalue weighted by Gasteiger charge is -2.29. The van der Waals surface area contributed by atoms with E-state index < -0.39 is 6.04 Å². The Bertz CT molecular complexity index is 837. The van der Waals surface area contributed by atoms with E-state index in [4.69, 9.17) is 23.2 Å². The monoisotopic (exact) mass is 434 g/mol. The number of hydrogen-bond acceptors (Lipinski definition) is 2. The first kappa shape index (κ1) is 23.2. The van der Waals surface area contributed by atoms with Crippen molar-refractivity contribution in [2.45, 2.75) is 52.6 Å². The van der Waals surface area contributed by atoms with Gasteiger partial charge >= 0.3 is 0 Å². The summed E-state index contributed by atoms with van der Waals surface area (Å²) in [5, 5.41) is 3.92. The predicted octanol–water partition coefficient (Wildman–Crippen LogP) is 5.18. The molecule has 6 heteroatoms. The molecule has 1 N–H and O–H groups in total. The lowest BCUT2D eigenvalue weighted by atomic mass is 10.1. The van der Waals surface area contributed by atoms with Crippen molar-refractivity contribution in [3.63, 3.8) is 0 Å². The van der Waals surface area contributed by atoms with E-state index in [2.05, 4.69) is 12.2 Å². The van der Waals surface area contributed by atoms with Crippen molar-refractivity contribution in [3.05, 3.63) is 69.2 Å². The first-order chi connectivity index (χ1) is 13.8. The van der Waals surface area contributed by atoms with Crippen LogP contribution in [0, 0.1) is 6.92 Å². The molecule has 0 bridgehead atoms. The molecule has 0 spiro atoms. The number of halogens is 2. The van der Waals surface area contributed by atoms with Gasteiger partial charge in [0.15, 0.2) is 0 Å². The fraction of sp³-hybridized carbons (Fsp3) is 0.391. The number of nitrogens with one attached hydrogen (secondary N) is 1. The second-order valence-electron chi connectivity index (χ2n) is 7.24. The molecule has 1 atom stereocenters. The summed E-state index contributed by atoms with van der Waals surface area (Å²) in [7, 11) is 0. The van der Waals surface area contributed by atoms with E-state index in [1.54, 1.807) is 30.0 Å². The van der Waals surface area contributed by atoms with Crippen molar-refractivity contribution in [3.8, 4) is 0 Å². The van der Waals surface area contributed by atoms with Gasteiger partial charge in [-0.1, -0.05) is 72.4 Å². The number of carbonyl (C=O) groups excluding carboxylic acids is 2. The zero-order valence-corrected chi connectivity index (χ0v) is 18.7. The van der Waals surface area contributed by atoms with Gasteiger partial charge in [-0.3, -0.25) is 9.59 Å². The maximum Gasteiger partial charge on any atom is 0.242 e. The third-order valence-corrected chi connectivity index (χ3v) is 5.42. The van der Waals surface area contributed by atoms with Crippen molar-refractivity contribution in [1.29, 1.82) is 0 Å². The maximum atomic E-state index is 13.1. The molecule has 2 amide bonds. The Labute approximate surface area is 183 Å². The van der Waals surface area contributed by atoms with E-state index >= 15 is 0 Å². The van der Waals surface area contributed by atoms with Gasteiger partial charge in [-0.15, -0.1) is 0 Å². The molecule has 156 valence electrons. The fourth-order valence-corrected chi connectivity index (χ4v) is 3.40. The molecule has 0 aliphatic heterocycles. The first-order valence-electron chi connectivity index (χ1n) is 9.88.